The third-order valence-electron chi connectivity index (χ3n) is 2.66. The number of aliphatic carboxylic acids is 1. The van der Waals surface area contributed by atoms with Gasteiger partial charge in [0, 0.05) is 11.7 Å². The standard InChI is InChI=1S/C15H20N2O2/c1-15(2,3)9-13(8-14(18)19)17-12-6-4-11(10-16)5-7-12/h4-7,13,17H,8-9H2,1-3H3,(H,18,19). The molecule has 0 fully saturated rings. The van der Waals surface area contributed by atoms with Crippen molar-refractivity contribution in [3.05, 3.63) is 29.8 Å². The van der Waals surface area contributed by atoms with Crippen molar-refractivity contribution in [3.63, 3.8) is 0 Å². The van der Waals surface area contributed by atoms with Gasteiger partial charge in [-0.2, -0.15) is 5.26 Å². The van der Waals surface area contributed by atoms with Crippen LogP contribution in [0.3, 0.4) is 0 Å². The zero-order valence-corrected chi connectivity index (χ0v) is 11.6. The average Bonchev–Trinajstić information content (AvgIpc) is 2.26. The monoisotopic (exact) mass is 260 g/mol. The van der Waals surface area contributed by atoms with E-state index in [0.29, 0.717) is 5.56 Å². The van der Waals surface area contributed by atoms with E-state index in [1.54, 1.807) is 24.3 Å². The van der Waals surface area contributed by atoms with Gasteiger partial charge in [0.2, 0.25) is 0 Å². The molecule has 0 radical (unpaired) electrons. The Kier molecular flexibility index (Phi) is 4.94. The number of nitrogens with zero attached hydrogens (tertiary/aromatic N) is 1. The van der Waals surface area contributed by atoms with Gasteiger partial charge in [0.15, 0.2) is 0 Å². The Labute approximate surface area is 114 Å². The van der Waals surface area contributed by atoms with Crippen LogP contribution in [-0.4, -0.2) is 17.1 Å². The van der Waals surface area contributed by atoms with Crippen LogP contribution in [-0.2, 0) is 4.79 Å². The summed E-state index contributed by atoms with van der Waals surface area (Å²) >= 11 is 0. The Morgan fingerprint density at radius 2 is 1.95 bits per heavy atom. The van der Waals surface area contributed by atoms with Gasteiger partial charge in [-0.05, 0) is 36.1 Å². The number of anilines is 1. The van der Waals surface area contributed by atoms with E-state index in [9.17, 15) is 4.79 Å². The smallest absolute Gasteiger partial charge is 0.305 e. The van der Waals surface area contributed by atoms with Gasteiger partial charge < -0.3 is 10.4 Å². The van der Waals surface area contributed by atoms with Crippen LogP contribution in [0.1, 0.15) is 39.2 Å². The molecule has 102 valence electrons. The highest BCUT2D eigenvalue weighted by Gasteiger charge is 2.21. The van der Waals surface area contributed by atoms with Crippen LogP contribution < -0.4 is 5.32 Å². The minimum absolute atomic E-state index is 0.0553. The van der Waals surface area contributed by atoms with Crippen LogP contribution in [0, 0.1) is 16.7 Å². The van der Waals surface area contributed by atoms with E-state index in [1.165, 1.54) is 0 Å². The minimum atomic E-state index is -0.810. The predicted octanol–water partition coefficient (Wildman–Crippen LogP) is 3.25. The second kappa shape index (κ2) is 6.24. The van der Waals surface area contributed by atoms with Crippen molar-refractivity contribution in [2.45, 2.75) is 39.7 Å². The average molecular weight is 260 g/mol. The van der Waals surface area contributed by atoms with Crippen molar-refractivity contribution in [3.8, 4) is 6.07 Å². The summed E-state index contributed by atoms with van der Waals surface area (Å²) < 4.78 is 0. The van der Waals surface area contributed by atoms with Crippen molar-refractivity contribution in [1.29, 1.82) is 5.26 Å². The predicted molar refractivity (Wildman–Crippen MR) is 74.9 cm³/mol. The highest BCUT2D eigenvalue weighted by Crippen LogP contribution is 2.24. The molecule has 0 aromatic heterocycles. The zero-order chi connectivity index (χ0) is 14.5. The van der Waals surface area contributed by atoms with Crippen molar-refractivity contribution >= 4 is 11.7 Å². The molecule has 1 rings (SSSR count). The van der Waals surface area contributed by atoms with Crippen molar-refractivity contribution in [1.82, 2.24) is 0 Å². The van der Waals surface area contributed by atoms with Gasteiger partial charge in [-0.1, -0.05) is 20.8 Å². The van der Waals surface area contributed by atoms with E-state index in [-0.39, 0.29) is 17.9 Å². The van der Waals surface area contributed by atoms with Crippen LogP contribution in [0.5, 0.6) is 0 Å². The number of carboxylic acid groups (broad SMARTS) is 1. The maximum Gasteiger partial charge on any atom is 0.305 e. The van der Waals surface area contributed by atoms with Crippen molar-refractivity contribution in [2.24, 2.45) is 5.41 Å². The molecule has 0 aliphatic heterocycles. The van der Waals surface area contributed by atoms with E-state index in [0.717, 1.165) is 12.1 Å². The van der Waals surface area contributed by atoms with E-state index < -0.39 is 5.97 Å². The SMILES string of the molecule is CC(C)(C)CC(CC(=O)O)Nc1ccc(C#N)cc1. The molecule has 19 heavy (non-hydrogen) atoms. The Balaban J connectivity index is 2.75. The number of rotatable bonds is 5. The summed E-state index contributed by atoms with van der Waals surface area (Å²) in [6.45, 7) is 6.26. The van der Waals surface area contributed by atoms with Crippen LogP contribution in [0.25, 0.3) is 0 Å². The first-order valence-electron chi connectivity index (χ1n) is 6.28. The van der Waals surface area contributed by atoms with Gasteiger partial charge in [-0.15, -0.1) is 0 Å². The first kappa shape index (κ1) is 15.0. The molecule has 1 aromatic carbocycles. The lowest BCUT2D eigenvalue weighted by Crippen LogP contribution is -2.28. The van der Waals surface area contributed by atoms with Gasteiger partial charge in [0.1, 0.15) is 0 Å². The third-order valence-corrected chi connectivity index (χ3v) is 2.66. The number of hydrogen-bond acceptors (Lipinski definition) is 3. The molecule has 0 bridgehead atoms. The maximum atomic E-state index is 10.9. The van der Waals surface area contributed by atoms with Gasteiger partial charge in [-0.25, -0.2) is 0 Å². The number of hydrogen-bond donors (Lipinski definition) is 2. The molecular formula is C15H20N2O2. The minimum Gasteiger partial charge on any atom is -0.481 e. The molecule has 4 nitrogen and oxygen atoms in total. The van der Waals surface area contributed by atoms with Gasteiger partial charge in [-0.3, -0.25) is 4.79 Å². The summed E-state index contributed by atoms with van der Waals surface area (Å²) in [5.41, 5.74) is 1.49. The lowest BCUT2D eigenvalue weighted by Gasteiger charge is -2.26. The topological polar surface area (TPSA) is 73.1 Å². The number of nitrogens with one attached hydrogen (secondary N) is 1. The number of carboxylic acids is 1. The Morgan fingerprint density at radius 3 is 2.37 bits per heavy atom. The van der Waals surface area contributed by atoms with Gasteiger partial charge >= 0.3 is 5.97 Å². The largest absolute Gasteiger partial charge is 0.481 e. The van der Waals surface area contributed by atoms with Gasteiger partial charge in [0.25, 0.3) is 0 Å². The number of nitriles is 1. The first-order valence-corrected chi connectivity index (χ1v) is 6.28. The molecule has 1 unspecified atom stereocenters. The zero-order valence-electron chi connectivity index (χ0n) is 11.6. The summed E-state index contributed by atoms with van der Waals surface area (Å²) in [7, 11) is 0. The summed E-state index contributed by atoms with van der Waals surface area (Å²) in [5, 5.41) is 20.9. The fraction of sp³-hybridized carbons (Fsp3) is 0.467. The molecule has 2 N–H and O–H groups in total. The lowest BCUT2D eigenvalue weighted by molar-refractivity contribution is -0.137. The second-order valence-electron chi connectivity index (χ2n) is 5.89. The lowest BCUT2D eigenvalue weighted by atomic mass is 9.87. The molecule has 4 heteroatoms. The van der Waals surface area contributed by atoms with Crippen LogP contribution >= 0.6 is 0 Å². The normalized spacial score (nSPS) is 12.5. The summed E-state index contributed by atoms with van der Waals surface area (Å²) in [6, 6.07) is 8.98. The highest BCUT2D eigenvalue weighted by molar-refractivity contribution is 5.68. The molecule has 1 atom stereocenters. The van der Waals surface area contributed by atoms with E-state index >= 15 is 0 Å². The highest BCUT2D eigenvalue weighted by atomic mass is 16.4. The summed E-state index contributed by atoms with van der Waals surface area (Å²) in [6.07, 6.45) is 0.844. The summed E-state index contributed by atoms with van der Waals surface area (Å²) in [5.74, 6) is -0.810. The summed E-state index contributed by atoms with van der Waals surface area (Å²) in [4.78, 5) is 10.9. The van der Waals surface area contributed by atoms with E-state index in [2.05, 4.69) is 32.2 Å². The second-order valence-corrected chi connectivity index (χ2v) is 5.89. The molecule has 0 heterocycles. The Hall–Kier alpha value is -2.02. The van der Waals surface area contributed by atoms with Crippen LogP contribution in [0.15, 0.2) is 24.3 Å². The maximum absolute atomic E-state index is 10.9. The number of benzene rings is 1. The Bertz CT molecular complexity index is 466. The molecule has 0 aliphatic rings. The molecular weight excluding hydrogens is 240 g/mol. The molecule has 1 aromatic rings. The first-order chi connectivity index (χ1) is 8.80. The van der Waals surface area contributed by atoms with E-state index in [4.69, 9.17) is 10.4 Å². The molecule has 0 saturated carbocycles. The molecule has 0 saturated heterocycles. The Morgan fingerprint density at radius 1 is 1.37 bits per heavy atom. The quantitative estimate of drug-likeness (QED) is 0.852. The van der Waals surface area contributed by atoms with Crippen LogP contribution in [0.4, 0.5) is 5.69 Å². The van der Waals surface area contributed by atoms with Crippen molar-refractivity contribution in [2.75, 3.05) is 5.32 Å². The fourth-order valence-electron chi connectivity index (χ4n) is 2.00. The van der Waals surface area contributed by atoms with E-state index in [1.807, 2.05) is 0 Å². The van der Waals surface area contributed by atoms with Crippen molar-refractivity contribution < 1.29 is 9.90 Å². The number of carbonyl (C=O) groups is 1. The molecule has 0 amide bonds. The van der Waals surface area contributed by atoms with Gasteiger partial charge in [0.05, 0.1) is 18.1 Å². The molecule has 0 spiro atoms. The fourth-order valence-corrected chi connectivity index (χ4v) is 2.00. The third kappa shape index (κ3) is 5.91. The molecule has 0 aliphatic carbocycles. The van der Waals surface area contributed by atoms with Crippen LogP contribution in [0.2, 0.25) is 0 Å².